The van der Waals surface area contributed by atoms with Gasteiger partial charge < -0.3 is 86.3 Å². The average Bonchev–Trinajstić information content (AvgIpc) is 0.785. The number of carbonyl (C=O) groups is 4. The summed E-state index contributed by atoms with van der Waals surface area (Å²) < 4.78 is 135. The number of halogens is 4. The maximum atomic E-state index is 14.5. The summed E-state index contributed by atoms with van der Waals surface area (Å²) in [7, 11) is 3.17. The van der Waals surface area contributed by atoms with Gasteiger partial charge in [0.25, 0.3) is 23.6 Å². The van der Waals surface area contributed by atoms with E-state index in [9.17, 15) is 41.8 Å². The van der Waals surface area contributed by atoms with Gasteiger partial charge in [-0.25, -0.2) is 17.6 Å². The Kier molecular flexibility index (Phi) is 36.0. The van der Waals surface area contributed by atoms with E-state index in [0.717, 1.165) is 91.5 Å². The molecular formula is C110H141F4N5O18. The van der Waals surface area contributed by atoms with Gasteiger partial charge in [-0.3, -0.25) is 24.2 Å². The predicted octanol–water partition coefficient (Wildman–Crippen LogP) is 21.3. The molecule has 0 bridgehead atoms. The Morgan fingerprint density at radius 2 is 0.701 bits per heavy atom. The third-order valence-electron chi connectivity index (χ3n) is 27.2. The summed E-state index contributed by atoms with van der Waals surface area (Å²) in [5, 5.41) is 10.1. The molecule has 1 aromatic heterocycles. The highest BCUT2D eigenvalue weighted by atomic mass is 19.1. The number of aryl methyl sites for hydroxylation is 1. The van der Waals surface area contributed by atoms with Crippen molar-refractivity contribution in [3.05, 3.63) is 249 Å². The molecule has 8 aliphatic rings. The van der Waals surface area contributed by atoms with E-state index in [1.54, 1.807) is 79.8 Å². The minimum Gasteiger partial charge on any atom is -0.493 e. The van der Waals surface area contributed by atoms with Gasteiger partial charge in [-0.1, -0.05) is 48.5 Å². The normalized spacial score (nSPS) is 22.2. The molecule has 4 spiro atoms. The van der Waals surface area contributed by atoms with Gasteiger partial charge >= 0.3 is 0 Å². The number of hydrogen-bond donors (Lipinski definition) is 1. The van der Waals surface area contributed by atoms with Crippen molar-refractivity contribution in [2.45, 2.75) is 288 Å². The number of likely N-dealkylation sites (tertiary alicyclic amines) is 4. The molecule has 0 radical (unpaired) electrons. The van der Waals surface area contributed by atoms with Gasteiger partial charge in [-0.2, -0.15) is 0 Å². The summed E-state index contributed by atoms with van der Waals surface area (Å²) in [6.45, 7) is 31.9. The molecule has 8 aromatic rings. The van der Waals surface area contributed by atoms with Gasteiger partial charge in [0.05, 0.1) is 109 Å². The van der Waals surface area contributed by atoms with Crippen LogP contribution in [-0.4, -0.2) is 211 Å². The van der Waals surface area contributed by atoms with E-state index >= 15 is 0 Å². The van der Waals surface area contributed by atoms with Crippen molar-refractivity contribution < 1.29 is 103 Å². The van der Waals surface area contributed by atoms with Crippen LogP contribution in [0.2, 0.25) is 0 Å². The highest BCUT2D eigenvalue weighted by molar-refractivity contribution is 5.97. The second kappa shape index (κ2) is 47.3. The molecule has 7 aromatic carbocycles. The molecule has 1 N–H and O–H groups in total. The van der Waals surface area contributed by atoms with Crippen molar-refractivity contribution >= 4 is 23.6 Å². The van der Waals surface area contributed by atoms with Crippen molar-refractivity contribution in [3.8, 4) is 28.7 Å². The van der Waals surface area contributed by atoms with Crippen LogP contribution >= 0.6 is 0 Å². The first-order valence-electron chi connectivity index (χ1n) is 49.1. The predicted molar refractivity (Wildman–Crippen MR) is 515 cm³/mol. The molecule has 8 unspecified atom stereocenters. The van der Waals surface area contributed by atoms with Gasteiger partial charge in [-0.15, -0.1) is 0 Å². The topological polar surface area (TPSA) is 234 Å². The van der Waals surface area contributed by atoms with Gasteiger partial charge in [0.1, 0.15) is 35.1 Å². The van der Waals surface area contributed by atoms with Crippen LogP contribution in [0.5, 0.6) is 28.7 Å². The smallest absolute Gasteiger partial charge is 0.253 e. The number of hydrogen-bond acceptors (Lipinski definition) is 19. The van der Waals surface area contributed by atoms with Crippen LogP contribution < -0.4 is 23.7 Å². The molecule has 0 saturated carbocycles. The van der Waals surface area contributed by atoms with Crippen LogP contribution in [0, 0.1) is 30.2 Å². The second-order valence-electron chi connectivity index (χ2n) is 38.8. The zero-order valence-corrected chi connectivity index (χ0v) is 82.5. The third-order valence-corrected chi connectivity index (χ3v) is 27.2. The standard InChI is InChI=1S/C28H36FNO5.C28H36FNO4.C27H33F2NO4.C27H36N2O5/c1-5-33-23-17-25(20-7-6-8-22(29)15-20)35-28(18-23)11-13-30(14-12-28)27(31)21-9-10-24(34-19(2)3)26(16-21)32-4;1-5-32-24-17-26(21-7-6-8-23(29)16-21)34-28(18-24)11-13-30(14-12-28)27(31)22-9-10-25(20(4)15-22)33-19(2)3;1-4-33-21-16-24(18-6-5-7-20(28)14-18)34-27(17-21)10-12-30(13-11-27)25(31)19-8-9-22(23(29)15-19)26(2,3)32;1-5-32-21-17-24(22-8-6-7-13-28-22)34-27(18-21)11-14-29(15-12-27)26(30)20-9-10-23(33-19(2)3)25(16-20)31-4/h6-10,15-16,19,23,25H,5,11-14,17-18H2,1-4H3;6-10,15-16,19,24,26H,5,11-14,17-18H2,1-4H3;5-9,14-15,21,24,32H,4,10-13,16-17H2,1-3H3;6-10,13,16,19,21,24H,5,11-12,14-15,17-18H2,1-4H3. The minimum absolute atomic E-state index is 0.00209. The molecule has 8 aliphatic heterocycles. The van der Waals surface area contributed by atoms with Crippen molar-refractivity contribution in [3.63, 3.8) is 0 Å². The number of pyridine rings is 1. The summed E-state index contributed by atoms with van der Waals surface area (Å²) in [4.78, 5) is 64.8. The summed E-state index contributed by atoms with van der Waals surface area (Å²) in [5.74, 6) is 1.55. The van der Waals surface area contributed by atoms with E-state index in [2.05, 4.69) is 4.98 Å². The lowest BCUT2D eigenvalue weighted by atomic mass is 9.80. The van der Waals surface area contributed by atoms with E-state index < -0.39 is 22.6 Å². The number of amides is 4. The van der Waals surface area contributed by atoms with Crippen molar-refractivity contribution in [1.29, 1.82) is 0 Å². The number of piperidine rings is 4. The number of carbonyl (C=O) groups excluding carboxylic acids is 4. The van der Waals surface area contributed by atoms with Crippen molar-refractivity contribution in [2.24, 2.45) is 0 Å². The third kappa shape index (κ3) is 27.3. The molecule has 8 fully saturated rings. The molecule has 16 rings (SSSR count). The summed E-state index contributed by atoms with van der Waals surface area (Å²) in [6.07, 6.45) is 13.1. The first kappa shape index (κ1) is 104. The number of aliphatic hydroxyl groups is 1. The van der Waals surface area contributed by atoms with Crippen molar-refractivity contribution in [2.75, 3.05) is 93.0 Å². The van der Waals surface area contributed by atoms with E-state index in [0.29, 0.717) is 163 Å². The van der Waals surface area contributed by atoms with Crippen LogP contribution in [0.3, 0.4) is 0 Å². The lowest BCUT2D eigenvalue weighted by Crippen LogP contribution is -2.52. The fourth-order valence-electron chi connectivity index (χ4n) is 20.6. The van der Waals surface area contributed by atoms with Gasteiger partial charge in [0, 0.05) is 164 Å². The highest BCUT2D eigenvalue weighted by Gasteiger charge is 2.51. The lowest BCUT2D eigenvalue weighted by molar-refractivity contribution is -0.191. The Hall–Kier alpha value is -10.1. The van der Waals surface area contributed by atoms with Crippen molar-refractivity contribution in [1.82, 2.24) is 24.6 Å². The van der Waals surface area contributed by atoms with E-state index in [-0.39, 0.29) is 131 Å². The maximum Gasteiger partial charge on any atom is 0.253 e. The fraction of sp³-hybridized carbons (Fsp3) is 0.536. The number of benzene rings is 7. The zero-order valence-electron chi connectivity index (χ0n) is 82.5. The Bertz CT molecular complexity index is 5300. The largest absolute Gasteiger partial charge is 0.493 e. The SMILES string of the molecule is CCOC1CC(c2cccc(F)c2)OC2(CCN(C(=O)c3ccc(C(C)(C)O)c(F)c3)CC2)C1.CCOC1CC(c2cccc(F)c2)OC2(CCN(C(=O)c3ccc(OC(C)C)c(C)c3)CC2)C1.CCOC1CC(c2cccc(F)c2)OC2(CCN(C(=O)c3ccc(OC(C)C)c(OC)c3)CC2)C1.CCOC1CC(c2ccccn2)OC2(CCN(C(=O)c3ccc(OC(C)C)c(OC)c3)CC2)C1. The summed E-state index contributed by atoms with van der Waals surface area (Å²) in [6, 6.07) is 46.3. The number of aromatic nitrogens is 1. The molecule has 23 nitrogen and oxygen atoms in total. The van der Waals surface area contributed by atoms with Crippen LogP contribution in [0.25, 0.3) is 0 Å². The molecule has 9 heterocycles. The van der Waals surface area contributed by atoms with Gasteiger partial charge in [0.15, 0.2) is 23.0 Å². The van der Waals surface area contributed by atoms with E-state index in [1.165, 1.54) is 50.2 Å². The van der Waals surface area contributed by atoms with Crippen LogP contribution in [0.15, 0.2) is 170 Å². The van der Waals surface area contributed by atoms with E-state index in [1.807, 2.05) is 164 Å². The molecular weight excluding hydrogens is 1760 g/mol. The Balaban J connectivity index is 0.000000154. The van der Waals surface area contributed by atoms with Crippen LogP contribution in [0.1, 0.15) is 285 Å². The number of methoxy groups -OCH3 is 2. The van der Waals surface area contributed by atoms with Crippen LogP contribution in [-0.2, 0) is 43.5 Å². The molecule has 4 amide bonds. The van der Waals surface area contributed by atoms with E-state index in [4.69, 9.17) is 61.6 Å². The maximum absolute atomic E-state index is 14.5. The quantitative estimate of drug-likeness (QED) is 0.0524. The first-order chi connectivity index (χ1) is 65.6. The summed E-state index contributed by atoms with van der Waals surface area (Å²) >= 11 is 0. The molecule has 0 aliphatic carbocycles. The number of ether oxygens (including phenoxy) is 13. The lowest BCUT2D eigenvalue weighted by Gasteiger charge is -2.48. The second-order valence-corrected chi connectivity index (χ2v) is 38.8. The molecule has 8 saturated heterocycles. The Morgan fingerprint density at radius 3 is 0.993 bits per heavy atom. The van der Waals surface area contributed by atoms with Crippen LogP contribution in [0.4, 0.5) is 17.6 Å². The molecule has 8 atom stereocenters. The first-order valence-corrected chi connectivity index (χ1v) is 49.1. The highest BCUT2D eigenvalue weighted by Crippen LogP contribution is 2.50. The number of nitrogens with zero attached hydrogens (tertiary/aromatic N) is 5. The molecule has 27 heteroatoms. The fourth-order valence-corrected chi connectivity index (χ4v) is 20.6. The van der Waals surface area contributed by atoms with Gasteiger partial charge in [-0.05, 0) is 279 Å². The molecule has 137 heavy (non-hydrogen) atoms. The Morgan fingerprint density at radius 1 is 0.394 bits per heavy atom. The minimum atomic E-state index is -1.32. The average molecular weight is 1900 g/mol. The summed E-state index contributed by atoms with van der Waals surface area (Å²) in [5.41, 5.74) is 3.82. The molecule has 742 valence electrons. The van der Waals surface area contributed by atoms with Gasteiger partial charge in [0.2, 0.25) is 0 Å². The monoisotopic (exact) mass is 1900 g/mol. The Labute approximate surface area is 806 Å². The zero-order chi connectivity index (χ0) is 97.9. The number of rotatable bonds is 25.